The van der Waals surface area contributed by atoms with E-state index < -0.39 is 11.6 Å². The Bertz CT molecular complexity index is 994. The summed E-state index contributed by atoms with van der Waals surface area (Å²) in [6.07, 6.45) is 0. The second-order valence-electron chi connectivity index (χ2n) is 4.89. The first-order chi connectivity index (χ1) is 10.6. The van der Waals surface area contributed by atoms with E-state index in [9.17, 15) is 8.78 Å². The molecule has 4 rings (SSSR count). The van der Waals surface area contributed by atoms with E-state index in [1.165, 1.54) is 0 Å². The van der Waals surface area contributed by atoms with Gasteiger partial charge in [-0.1, -0.05) is 23.7 Å². The van der Waals surface area contributed by atoms with Crippen LogP contribution in [-0.4, -0.2) is 15.0 Å². The summed E-state index contributed by atoms with van der Waals surface area (Å²) < 4.78 is 26.7. The number of rotatable bonds is 1. The van der Waals surface area contributed by atoms with Crippen LogP contribution in [0.2, 0.25) is 5.15 Å². The molecular formula is C16H8ClF2N3. The molecule has 0 radical (unpaired) electrons. The fourth-order valence-corrected chi connectivity index (χ4v) is 2.63. The minimum atomic E-state index is -0.951. The number of imidazole rings is 1. The van der Waals surface area contributed by atoms with Gasteiger partial charge >= 0.3 is 0 Å². The molecular weight excluding hydrogens is 308 g/mol. The Kier molecular flexibility index (Phi) is 2.84. The summed E-state index contributed by atoms with van der Waals surface area (Å²) in [5, 5.41) is 0.635. The van der Waals surface area contributed by atoms with Crippen molar-refractivity contribution < 1.29 is 8.78 Å². The van der Waals surface area contributed by atoms with E-state index in [4.69, 9.17) is 11.6 Å². The number of aromatic amines is 1. The number of nitrogens with one attached hydrogen (secondary N) is 1. The van der Waals surface area contributed by atoms with E-state index in [1.807, 2.05) is 24.3 Å². The molecule has 2 heterocycles. The number of nitrogens with zero attached hydrogens (tertiary/aromatic N) is 2. The number of benzene rings is 2. The standard InChI is InChI=1S/C16H8ClF2N3/c17-15-9(16-21-12-3-1-2-4-13(12)22-16)5-8-6-10(18)11(19)7-14(8)20-15/h1-7H,(H,21,22). The van der Waals surface area contributed by atoms with Crippen LogP contribution in [0, 0.1) is 11.6 Å². The number of para-hydroxylation sites is 2. The van der Waals surface area contributed by atoms with Gasteiger partial charge in [-0.25, -0.2) is 18.7 Å². The van der Waals surface area contributed by atoms with Crippen molar-refractivity contribution in [1.29, 1.82) is 0 Å². The van der Waals surface area contributed by atoms with E-state index in [1.54, 1.807) is 6.07 Å². The van der Waals surface area contributed by atoms with Crippen LogP contribution < -0.4 is 0 Å². The third kappa shape index (κ3) is 2.02. The van der Waals surface area contributed by atoms with Crippen LogP contribution in [0.3, 0.4) is 0 Å². The molecule has 0 aliphatic rings. The number of halogens is 3. The maximum Gasteiger partial charge on any atom is 0.161 e. The van der Waals surface area contributed by atoms with Crippen molar-refractivity contribution in [3.8, 4) is 11.4 Å². The van der Waals surface area contributed by atoms with E-state index in [0.717, 1.165) is 23.2 Å². The number of hydrogen-bond acceptors (Lipinski definition) is 2. The van der Waals surface area contributed by atoms with Crippen molar-refractivity contribution in [2.24, 2.45) is 0 Å². The zero-order valence-corrected chi connectivity index (χ0v) is 11.8. The maximum absolute atomic E-state index is 13.4. The lowest BCUT2D eigenvalue weighted by Gasteiger charge is -2.04. The Balaban J connectivity index is 1.97. The van der Waals surface area contributed by atoms with Crippen molar-refractivity contribution in [1.82, 2.24) is 15.0 Å². The molecule has 0 aliphatic heterocycles. The topological polar surface area (TPSA) is 41.6 Å². The molecule has 1 N–H and O–H groups in total. The molecule has 0 unspecified atom stereocenters. The first-order valence-electron chi connectivity index (χ1n) is 6.52. The Morgan fingerprint density at radius 2 is 1.68 bits per heavy atom. The zero-order chi connectivity index (χ0) is 15.3. The maximum atomic E-state index is 13.4. The van der Waals surface area contributed by atoms with Gasteiger partial charge in [0.15, 0.2) is 11.6 Å². The largest absolute Gasteiger partial charge is 0.338 e. The normalized spacial score (nSPS) is 11.4. The van der Waals surface area contributed by atoms with Crippen molar-refractivity contribution in [2.45, 2.75) is 0 Å². The summed E-state index contributed by atoms with van der Waals surface area (Å²) >= 11 is 6.17. The molecule has 2 aromatic heterocycles. The van der Waals surface area contributed by atoms with E-state index in [0.29, 0.717) is 22.3 Å². The number of pyridine rings is 1. The van der Waals surface area contributed by atoms with Gasteiger partial charge in [0.05, 0.1) is 22.1 Å². The van der Waals surface area contributed by atoms with E-state index in [2.05, 4.69) is 15.0 Å². The number of fused-ring (bicyclic) bond motifs is 2. The summed E-state index contributed by atoms with van der Waals surface area (Å²) in [5.41, 5.74) is 2.48. The smallest absolute Gasteiger partial charge is 0.161 e. The van der Waals surface area contributed by atoms with Crippen LogP contribution in [0.5, 0.6) is 0 Å². The molecule has 22 heavy (non-hydrogen) atoms. The third-order valence-corrected chi connectivity index (χ3v) is 3.74. The van der Waals surface area contributed by atoms with Crippen molar-refractivity contribution in [3.63, 3.8) is 0 Å². The molecule has 0 aliphatic carbocycles. The summed E-state index contributed by atoms with van der Waals surface area (Å²) in [4.78, 5) is 11.7. The van der Waals surface area contributed by atoms with Crippen molar-refractivity contribution in [3.05, 3.63) is 59.3 Å². The predicted molar refractivity (Wildman–Crippen MR) is 81.8 cm³/mol. The summed E-state index contributed by atoms with van der Waals surface area (Å²) in [5.74, 6) is -1.34. The van der Waals surface area contributed by atoms with Gasteiger partial charge in [-0.05, 0) is 24.3 Å². The van der Waals surface area contributed by atoms with Gasteiger partial charge < -0.3 is 4.98 Å². The van der Waals surface area contributed by atoms with Gasteiger partial charge in [-0.15, -0.1) is 0 Å². The molecule has 4 aromatic rings. The van der Waals surface area contributed by atoms with E-state index in [-0.39, 0.29) is 5.15 Å². The van der Waals surface area contributed by atoms with Crippen LogP contribution >= 0.6 is 11.6 Å². The molecule has 2 aromatic carbocycles. The molecule has 0 saturated heterocycles. The highest BCUT2D eigenvalue weighted by atomic mass is 35.5. The Morgan fingerprint density at radius 3 is 2.50 bits per heavy atom. The summed E-state index contributed by atoms with van der Waals surface area (Å²) in [7, 11) is 0. The monoisotopic (exact) mass is 315 g/mol. The minimum absolute atomic E-state index is 0.178. The highest BCUT2D eigenvalue weighted by Gasteiger charge is 2.13. The van der Waals surface area contributed by atoms with Crippen LogP contribution in [0.1, 0.15) is 0 Å². The fourth-order valence-electron chi connectivity index (χ4n) is 2.39. The van der Waals surface area contributed by atoms with Crippen molar-refractivity contribution >= 4 is 33.5 Å². The zero-order valence-electron chi connectivity index (χ0n) is 11.1. The van der Waals surface area contributed by atoms with Gasteiger partial charge in [-0.3, -0.25) is 0 Å². The lowest BCUT2D eigenvalue weighted by Crippen LogP contribution is -1.91. The van der Waals surface area contributed by atoms with Gasteiger partial charge in [0.2, 0.25) is 0 Å². The molecule has 6 heteroatoms. The van der Waals surface area contributed by atoms with Gasteiger partial charge in [-0.2, -0.15) is 0 Å². The average molecular weight is 316 g/mol. The lowest BCUT2D eigenvalue weighted by molar-refractivity contribution is 0.510. The highest BCUT2D eigenvalue weighted by Crippen LogP contribution is 2.30. The molecule has 3 nitrogen and oxygen atoms in total. The SMILES string of the molecule is Fc1cc2cc(-c3nc4ccccc4[nH]3)c(Cl)nc2cc1F. The quantitative estimate of drug-likeness (QED) is 0.517. The minimum Gasteiger partial charge on any atom is -0.338 e. The van der Waals surface area contributed by atoms with Gasteiger partial charge in [0, 0.05) is 11.5 Å². The molecule has 0 atom stereocenters. The predicted octanol–water partition coefficient (Wildman–Crippen LogP) is 4.71. The van der Waals surface area contributed by atoms with Crippen LogP contribution in [-0.2, 0) is 0 Å². The summed E-state index contributed by atoms with van der Waals surface area (Å²) in [6.45, 7) is 0. The fraction of sp³-hybridized carbons (Fsp3) is 0. The average Bonchev–Trinajstić information content (AvgIpc) is 2.92. The van der Waals surface area contributed by atoms with Crippen molar-refractivity contribution in [2.75, 3.05) is 0 Å². The van der Waals surface area contributed by atoms with Crippen LogP contribution in [0.4, 0.5) is 8.78 Å². The van der Waals surface area contributed by atoms with Gasteiger partial charge in [0.1, 0.15) is 11.0 Å². The highest BCUT2D eigenvalue weighted by molar-refractivity contribution is 6.32. The first-order valence-corrected chi connectivity index (χ1v) is 6.90. The number of aromatic nitrogens is 3. The Labute approximate surface area is 128 Å². The molecule has 0 bridgehead atoms. The Hall–Kier alpha value is -2.53. The third-order valence-electron chi connectivity index (χ3n) is 3.45. The van der Waals surface area contributed by atoms with Crippen LogP contribution in [0.15, 0.2) is 42.5 Å². The second kappa shape index (κ2) is 4.74. The first kappa shape index (κ1) is 13.2. The molecule has 0 fully saturated rings. The van der Waals surface area contributed by atoms with E-state index >= 15 is 0 Å². The second-order valence-corrected chi connectivity index (χ2v) is 5.25. The molecule has 0 saturated carbocycles. The van der Waals surface area contributed by atoms with Crippen LogP contribution in [0.25, 0.3) is 33.3 Å². The summed E-state index contributed by atoms with van der Waals surface area (Å²) in [6, 6.07) is 11.3. The molecule has 0 spiro atoms. The lowest BCUT2D eigenvalue weighted by atomic mass is 10.1. The Morgan fingerprint density at radius 1 is 0.909 bits per heavy atom. The molecule has 108 valence electrons. The van der Waals surface area contributed by atoms with Gasteiger partial charge in [0.25, 0.3) is 0 Å². The molecule has 0 amide bonds. The number of hydrogen-bond donors (Lipinski definition) is 1. The number of H-pyrrole nitrogens is 1.